The topological polar surface area (TPSA) is 79.0 Å². The van der Waals surface area contributed by atoms with E-state index < -0.39 is 15.6 Å². The van der Waals surface area contributed by atoms with E-state index in [1.54, 1.807) is 0 Å². The van der Waals surface area contributed by atoms with Crippen molar-refractivity contribution in [1.82, 2.24) is 9.71 Å². The second kappa shape index (κ2) is 5.60. The van der Waals surface area contributed by atoms with E-state index in [-0.39, 0.29) is 4.90 Å². The van der Waals surface area contributed by atoms with Crippen LogP contribution in [0.25, 0.3) is 0 Å². The third-order valence-electron chi connectivity index (χ3n) is 1.95. The van der Waals surface area contributed by atoms with E-state index in [2.05, 4.69) is 25.6 Å². The molecule has 2 N–H and O–H groups in total. The maximum Gasteiger partial charge on any atom is 0.268 e. The number of pyridine rings is 1. The number of H-pyrrole nitrogens is 1. The van der Waals surface area contributed by atoms with Crippen molar-refractivity contribution in [1.29, 1.82) is 0 Å². The minimum Gasteiger partial charge on any atom is -0.327 e. The number of rotatable bonds is 5. The van der Waals surface area contributed by atoms with Crippen molar-refractivity contribution in [2.45, 2.75) is 24.7 Å². The van der Waals surface area contributed by atoms with Gasteiger partial charge in [-0.1, -0.05) is 13.3 Å². The lowest BCUT2D eigenvalue weighted by atomic mass is 10.3. The van der Waals surface area contributed by atoms with Gasteiger partial charge < -0.3 is 4.98 Å². The first-order chi connectivity index (χ1) is 7.47. The van der Waals surface area contributed by atoms with Crippen molar-refractivity contribution in [3.05, 3.63) is 27.1 Å². The summed E-state index contributed by atoms with van der Waals surface area (Å²) in [6, 6.07) is 1.28. The summed E-state index contributed by atoms with van der Waals surface area (Å²) in [5.74, 6) is 0. The van der Waals surface area contributed by atoms with Gasteiger partial charge >= 0.3 is 0 Å². The van der Waals surface area contributed by atoms with E-state index in [1.165, 1.54) is 12.3 Å². The molecule has 5 nitrogen and oxygen atoms in total. The van der Waals surface area contributed by atoms with E-state index in [0.717, 1.165) is 12.8 Å². The Hall–Kier alpha value is -0.660. The molecule has 0 amide bonds. The van der Waals surface area contributed by atoms with Crippen LogP contribution in [0.15, 0.2) is 26.4 Å². The van der Waals surface area contributed by atoms with E-state index in [0.29, 0.717) is 11.0 Å². The Morgan fingerprint density at radius 1 is 1.50 bits per heavy atom. The highest BCUT2D eigenvalue weighted by Crippen LogP contribution is 2.10. The molecule has 0 radical (unpaired) electrons. The number of hydrogen-bond acceptors (Lipinski definition) is 3. The third kappa shape index (κ3) is 3.43. The number of aromatic amines is 1. The first-order valence-electron chi connectivity index (χ1n) is 4.85. The molecule has 0 aliphatic carbocycles. The highest BCUT2D eigenvalue weighted by atomic mass is 79.9. The van der Waals surface area contributed by atoms with Crippen LogP contribution in [-0.4, -0.2) is 19.9 Å². The van der Waals surface area contributed by atoms with Crippen LogP contribution in [0.1, 0.15) is 19.8 Å². The SMILES string of the molecule is CCCCNS(=O)(=O)c1cc(Br)c[nH]c1=O. The zero-order chi connectivity index (χ0) is 12.2. The van der Waals surface area contributed by atoms with Gasteiger partial charge in [0.2, 0.25) is 10.0 Å². The number of unbranched alkanes of at least 4 members (excludes halogenated alkanes) is 1. The fraction of sp³-hybridized carbons (Fsp3) is 0.444. The maximum absolute atomic E-state index is 11.7. The second-order valence-electron chi connectivity index (χ2n) is 3.26. The summed E-state index contributed by atoms with van der Waals surface area (Å²) in [6.45, 7) is 2.30. The van der Waals surface area contributed by atoms with Crippen LogP contribution in [0.5, 0.6) is 0 Å². The fourth-order valence-electron chi connectivity index (χ4n) is 1.10. The quantitative estimate of drug-likeness (QED) is 0.803. The predicted octanol–water partition coefficient (Wildman–Crippen LogP) is 1.22. The second-order valence-corrected chi connectivity index (χ2v) is 5.91. The minimum atomic E-state index is -3.71. The number of sulfonamides is 1. The fourth-order valence-corrected chi connectivity index (χ4v) is 2.75. The summed E-state index contributed by atoms with van der Waals surface area (Å²) in [5.41, 5.74) is -0.618. The Morgan fingerprint density at radius 3 is 2.81 bits per heavy atom. The van der Waals surface area contributed by atoms with Crippen LogP contribution in [0.4, 0.5) is 0 Å². The first kappa shape index (κ1) is 13.4. The lowest BCUT2D eigenvalue weighted by Gasteiger charge is -2.05. The molecule has 0 spiro atoms. The molecule has 0 unspecified atom stereocenters. The van der Waals surface area contributed by atoms with Crippen molar-refractivity contribution >= 4 is 26.0 Å². The Labute approximate surface area is 102 Å². The number of aromatic nitrogens is 1. The first-order valence-corrected chi connectivity index (χ1v) is 7.13. The molecule has 0 bridgehead atoms. The lowest BCUT2D eigenvalue weighted by molar-refractivity contribution is 0.577. The molecular formula is C9H13BrN2O3S. The normalized spacial score (nSPS) is 11.6. The van der Waals surface area contributed by atoms with Gasteiger partial charge in [0.1, 0.15) is 4.90 Å². The van der Waals surface area contributed by atoms with Crippen LogP contribution in [0.2, 0.25) is 0 Å². The van der Waals surface area contributed by atoms with E-state index >= 15 is 0 Å². The van der Waals surface area contributed by atoms with E-state index in [4.69, 9.17) is 0 Å². The van der Waals surface area contributed by atoms with Gasteiger partial charge in [-0.2, -0.15) is 0 Å². The Balaban J connectivity index is 2.98. The van der Waals surface area contributed by atoms with Crippen molar-refractivity contribution < 1.29 is 8.42 Å². The average Bonchev–Trinajstić information content (AvgIpc) is 2.22. The van der Waals surface area contributed by atoms with Gasteiger partial charge in [-0.15, -0.1) is 0 Å². The van der Waals surface area contributed by atoms with Crippen molar-refractivity contribution in [3.63, 3.8) is 0 Å². The molecule has 0 aromatic carbocycles. The van der Waals surface area contributed by atoms with Gasteiger partial charge in [0.05, 0.1) is 0 Å². The van der Waals surface area contributed by atoms with Crippen LogP contribution in [-0.2, 0) is 10.0 Å². The summed E-state index contributed by atoms with van der Waals surface area (Å²) in [7, 11) is -3.71. The molecule has 1 rings (SSSR count). The summed E-state index contributed by atoms with van der Waals surface area (Å²) < 4.78 is 26.3. The number of hydrogen-bond donors (Lipinski definition) is 2. The molecule has 1 heterocycles. The number of halogens is 1. The smallest absolute Gasteiger partial charge is 0.268 e. The summed E-state index contributed by atoms with van der Waals surface area (Å²) in [5, 5.41) is 0. The van der Waals surface area contributed by atoms with Gasteiger partial charge in [0, 0.05) is 17.2 Å². The van der Waals surface area contributed by atoms with Crippen LogP contribution in [0, 0.1) is 0 Å². The maximum atomic E-state index is 11.7. The molecule has 0 aliphatic heterocycles. The highest BCUT2D eigenvalue weighted by Gasteiger charge is 2.17. The monoisotopic (exact) mass is 308 g/mol. The van der Waals surface area contributed by atoms with Crippen LogP contribution < -0.4 is 10.3 Å². The van der Waals surface area contributed by atoms with Crippen molar-refractivity contribution in [2.24, 2.45) is 0 Å². The molecule has 0 saturated carbocycles. The van der Waals surface area contributed by atoms with Crippen molar-refractivity contribution in [3.8, 4) is 0 Å². The molecule has 0 aliphatic rings. The number of nitrogens with one attached hydrogen (secondary N) is 2. The molecular weight excluding hydrogens is 296 g/mol. The Bertz CT molecular complexity index is 510. The molecule has 1 aromatic heterocycles. The van der Waals surface area contributed by atoms with Gasteiger partial charge in [0.15, 0.2) is 0 Å². The average molecular weight is 309 g/mol. The van der Waals surface area contributed by atoms with Gasteiger partial charge in [-0.25, -0.2) is 13.1 Å². The molecule has 0 saturated heterocycles. The van der Waals surface area contributed by atoms with Crippen LogP contribution in [0.3, 0.4) is 0 Å². The Morgan fingerprint density at radius 2 is 2.19 bits per heavy atom. The van der Waals surface area contributed by atoms with Gasteiger partial charge in [0.25, 0.3) is 5.56 Å². The molecule has 16 heavy (non-hydrogen) atoms. The van der Waals surface area contributed by atoms with E-state index in [1.807, 2.05) is 6.92 Å². The zero-order valence-electron chi connectivity index (χ0n) is 8.79. The predicted molar refractivity (Wildman–Crippen MR) is 64.9 cm³/mol. The summed E-state index contributed by atoms with van der Waals surface area (Å²) >= 11 is 3.11. The molecule has 0 atom stereocenters. The largest absolute Gasteiger partial charge is 0.327 e. The Kier molecular flexibility index (Phi) is 4.69. The molecule has 7 heteroatoms. The van der Waals surface area contributed by atoms with Crippen LogP contribution >= 0.6 is 15.9 Å². The van der Waals surface area contributed by atoms with Gasteiger partial charge in [-0.3, -0.25) is 4.79 Å². The molecule has 1 aromatic rings. The van der Waals surface area contributed by atoms with Gasteiger partial charge in [-0.05, 0) is 28.4 Å². The van der Waals surface area contributed by atoms with E-state index in [9.17, 15) is 13.2 Å². The third-order valence-corrected chi connectivity index (χ3v) is 3.87. The molecule has 90 valence electrons. The standard InChI is InChI=1S/C9H13BrN2O3S/c1-2-3-4-12-16(14,15)8-5-7(10)6-11-9(8)13/h5-6,12H,2-4H2,1H3,(H,11,13). The summed E-state index contributed by atoms with van der Waals surface area (Å²) in [4.78, 5) is 13.4. The van der Waals surface area contributed by atoms with Crippen molar-refractivity contribution in [2.75, 3.05) is 6.54 Å². The zero-order valence-corrected chi connectivity index (χ0v) is 11.2. The minimum absolute atomic E-state index is 0.266. The highest BCUT2D eigenvalue weighted by molar-refractivity contribution is 9.10. The molecule has 0 fully saturated rings. The summed E-state index contributed by atoms with van der Waals surface area (Å²) in [6.07, 6.45) is 3.02. The lowest BCUT2D eigenvalue weighted by Crippen LogP contribution is -2.29.